The standard InChI is InChI=1S/C15H17NO4/c17-12-8-20-15(14(19)13(12)18)16-11-7-3-5-9-4-1-2-6-10(9)11/h1-7,12-19H,8H2/t12-,13-,14+,15+/m0/s1. The van der Waals surface area contributed by atoms with Crippen LogP contribution < -0.4 is 5.32 Å². The summed E-state index contributed by atoms with van der Waals surface area (Å²) in [5.74, 6) is 0. The van der Waals surface area contributed by atoms with E-state index in [1.807, 2.05) is 42.5 Å². The molecule has 0 bridgehead atoms. The summed E-state index contributed by atoms with van der Waals surface area (Å²) in [6.07, 6.45) is -4.20. The van der Waals surface area contributed by atoms with Crippen LogP contribution in [0.2, 0.25) is 0 Å². The molecule has 5 heteroatoms. The van der Waals surface area contributed by atoms with E-state index in [0.717, 1.165) is 16.5 Å². The molecule has 3 rings (SSSR count). The second-order valence-electron chi connectivity index (χ2n) is 4.97. The quantitative estimate of drug-likeness (QED) is 0.648. The molecular formula is C15H17NO4. The third-order valence-corrected chi connectivity index (χ3v) is 3.59. The lowest BCUT2D eigenvalue weighted by atomic mass is 10.0. The van der Waals surface area contributed by atoms with Crippen molar-refractivity contribution in [3.8, 4) is 0 Å². The number of rotatable bonds is 2. The van der Waals surface area contributed by atoms with Crippen molar-refractivity contribution >= 4 is 16.5 Å². The highest BCUT2D eigenvalue weighted by atomic mass is 16.5. The van der Waals surface area contributed by atoms with Gasteiger partial charge in [-0.05, 0) is 11.5 Å². The number of nitrogens with one attached hydrogen (secondary N) is 1. The average molecular weight is 275 g/mol. The van der Waals surface area contributed by atoms with Crippen LogP contribution in [-0.4, -0.2) is 46.5 Å². The number of benzene rings is 2. The number of fused-ring (bicyclic) bond motifs is 1. The van der Waals surface area contributed by atoms with Crippen LogP contribution in [0.5, 0.6) is 0 Å². The highest BCUT2D eigenvalue weighted by molar-refractivity contribution is 5.93. The number of anilines is 1. The van der Waals surface area contributed by atoms with Crippen molar-refractivity contribution < 1.29 is 20.1 Å². The van der Waals surface area contributed by atoms with Gasteiger partial charge < -0.3 is 25.4 Å². The Morgan fingerprint density at radius 3 is 2.55 bits per heavy atom. The first-order valence-electron chi connectivity index (χ1n) is 6.57. The molecular weight excluding hydrogens is 258 g/mol. The molecule has 1 saturated heterocycles. The Labute approximate surface area is 116 Å². The molecule has 106 valence electrons. The summed E-state index contributed by atoms with van der Waals surface area (Å²) in [7, 11) is 0. The van der Waals surface area contributed by atoms with Crippen LogP contribution >= 0.6 is 0 Å². The first-order chi connectivity index (χ1) is 9.66. The summed E-state index contributed by atoms with van der Waals surface area (Å²) in [5.41, 5.74) is 0.815. The molecule has 0 aliphatic carbocycles. The Morgan fingerprint density at radius 1 is 0.950 bits per heavy atom. The number of aliphatic hydroxyl groups excluding tert-OH is 3. The molecule has 1 aliphatic heterocycles. The number of ether oxygens (including phenoxy) is 1. The van der Waals surface area contributed by atoms with E-state index >= 15 is 0 Å². The van der Waals surface area contributed by atoms with E-state index < -0.39 is 24.5 Å². The monoisotopic (exact) mass is 275 g/mol. The number of aliphatic hydroxyl groups is 3. The maximum absolute atomic E-state index is 9.94. The maximum atomic E-state index is 9.94. The lowest BCUT2D eigenvalue weighted by Crippen LogP contribution is -2.55. The molecule has 20 heavy (non-hydrogen) atoms. The Kier molecular flexibility index (Phi) is 3.58. The van der Waals surface area contributed by atoms with Gasteiger partial charge >= 0.3 is 0 Å². The van der Waals surface area contributed by atoms with E-state index in [9.17, 15) is 15.3 Å². The van der Waals surface area contributed by atoms with Crippen molar-refractivity contribution in [2.45, 2.75) is 24.5 Å². The van der Waals surface area contributed by atoms with Crippen LogP contribution in [0.3, 0.4) is 0 Å². The fraction of sp³-hybridized carbons (Fsp3) is 0.333. The first-order valence-corrected chi connectivity index (χ1v) is 6.57. The molecule has 4 N–H and O–H groups in total. The highest BCUT2D eigenvalue weighted by Crippen LogP contribution is 2.25. The predicted molar refractivity (Wildman–Crippen MR) is 75.3 cm³/mol. The predicted octanol–water partition coefficient (Wildman–Crippen LogP) is 0.691. The van der Waals surface area contributed by atoms with Crippen molar-refractivity contribution in [1.82, 2.24) is 0 Å². The second kappa shape index (κ2) is 5.38. The fourth-order valence-electron chi connectivity index (χ4n) is 2.44. The van der Waals surface area contributed by atoms with Gasteiger partial charge in [-0.3, -0.25) is 0 Å². The van der Waals surface area contributed by atoms with Crippen molar-refractivity contribution in [2.75, 3.05) is 11.9 Å². The first kappa shape index (κ1) is 13.3. The molecule has 0 radical (unpaired) electrons. The van der Waals surface area contributed by atoms with Crippen LogP contribution in [0.25, 0.3) is 10.8 Å². The molecule has 0 spiro atoms. The number of hydrogen-bond donors (Lipinski definition) is 4. The van der Waals surface area contributed by atoms with Gasteiger partial charge in [0, 0.05) is 11.1 Å². The summed E-state index contributed by atoms with van der Waals surface area (Å²) in [6.45, 7) is -0.0132. The zero-order valence-electron chi connectivity index (χ0n) is 10.8. The molecule has 2 aromatic carbocycles. The lowest BCUT2D eigenvalue weighted by Gasteiger charge is -2.36. The van der Waals surface area contributed by atoms with E-state index in [1.54, 1.807) is 0 Å². The molecule has 0 aromatic heterocycles. The lowest BCUT2D eigenvalue weighted by molar-refractivity contribution is -0.178. The zero-order valence-corrected chi connectivity index (χ0v) is 10.8. The van der Waals surface area contributed by atoms with Crippen LogP contribution in [0.15, 0.2) is 42.5 Å². The van der Waals surface area contributed by atoms with Gasteiger partial charge in [0.2, 0.25) is 0 Å². The van der Waals surface area contributed by atoms with Gasteiger partial charge in [0.25, 0.3) is 0 Å². The maximum Gasteiger partial charge on any atom is 0.156 e. The van der Waals surface area contributed by atoms with Crippen molar-refractivity contribution in [3.63, 3.8) is 0 Å². The molecule has 0 amide bonds. The van der Waals surface area contributed by atoms with Crippen molar-refractivity contribution in [3.05, 3.63) is 42.5 Å². The zero-order chi connectivity index (χ0) is 14.1. The molecule has 0 unspecified atom stereocenters. The van der Waals surface area contributed by atoms with Crippen LogP contribution in [-0.2, 0) is 4.74 Å². The van der Waals surface area contributed by atoms with Crippen LogP contribution in [0, 0.1) is 0 Å². The summed E-state index contributed by atoms with van der Waals surface area (Å²) >= 11 is 0. The minimum atomic E-state index is -1.21. The van der Waals surface area contributed by atoms with E-state index in [2.05, 4.69) is 5.32 Å². The SMILES string of the molecule is O[C@@H]1[C@@H](O)[C@@H](O)CO[C@H]1Nc1cccc2ccccc12. The summed E-state index contributed by atoms with van der Waals surface area (Å²) < 4.78 is 5.35. The van der Waals surface area contributed by atoms with Gasteiger partial charge in [-0.2, -0.15) is 0 Å². The molecule has 1 aliphatic rings. The van der Waals surface area contributed by atoms with Gasteiger partial charge in [0.05, 0.1) is 6.61 Å². The Balaban J connectivity index is 1.86. The molecule has 5 nitrogen and oxygen atoms in total. The third kappa shape index (κ3) is 2.36. The number of hydrogen-bond acceptors (Lipinski definition) is 5. The molecule has 4 atom stereocenters. The van der Waals surface area contributed by atoms with E-state index in [1.165, 1.54) is 0 Å². The van der Waals surface area contributed by atoms with Crippen molar-refractivity contribution in [1.29, 1.82) is 0 Å². The van der Waals surface area contributed by atoms with E-state index in [4.69, 9.17) is 4.74 Å². The van der Waals surface area contributed by atoms with Crippen LogP contribution in [0.4, 0.5) is 5.69 Å². The van der Waals surface area contributed by atoms with Gasteiger partial charge in [0.15, 0.2) is 6.23 Å². The molecule has 0 saturated carbocycles. The summed E-state index contributed by atoms with van der Waals surface area (Å²) in [4.78, 5) is 0. The van der Waals surface area contributed by atoms with E-state index in [-0.39, 0.29) is 6.61 Å². The van der Waals surface area contributed by atoms with Gasteiger partial charge in [0.1, 0.15) is 18.3 Å². The van der Waals surface area contributed by atoms with Gasteiger partial charge in [-0.15, -0.1) is 0 Å². The third-order valence-electron chi connectivity index (χ3n) is 3.59. The second-order valence-corrected chi connectivity index (χ2v) is 4.97. The smallest absolute Gasteiger partial charge is 0.156 e. The van der Waals surface area contributed by atoms with Gasteiger partial charge in [-0.1, -0.05) is 36.4 Å². The highest BCUT2D eigenvalue weighted by Gasteiger charge is 2.37. The van der Waals surface area contributed by atoms with E-state index in [0.29, 0.717) is 0 Å². The minimum Gasteiger partial charge on any atom is -0.388 e. The van der Waals surface area contributed by atoms with Crippen LogP contribution in [0.1, 0.15) is 0 Å². The Morgan fingerprint density at radius 2 is 1.70 bits per heavy atom. The molecule has 1 fully saturated rings. The minimum absolute atomic E-state index is 0.0132. The topological polar surface area (TPSA) is 82.0 Å². The summed E-state index contributed by atoms with van der Waals surface area (Å²) in [5, 5.41) is 34.2. The molecule has 2 aromatic rings. The summed E-state index contributed by atoms with van der Waals surface area (Å²) in [6, 6.07) is 13.6. The average Bonchev–Trinajstić information content (AvgIpc) is 2.48. The molecule has 1 heterocycles. The Bertz CT molecular complexity index is 598. The fourth-order valence-corrected chi connectivity index (χ4v) is 2.44. The normalized spacial score (nSPS) is 30.4. The van der Waals surface area contributed by atoms with Gasteiger partial charge in [-0.25, -0.2) is 0 Å². The van der Waals surface area contributed by atoms with Crippen molar-refractivity contribution in [2.24, 2.45) is 0 Å². The largest absolute Gasteiger partial charge is 0.388 e. The Hall–Kier alpha value is -1.66.